The molecule has 45 heavy (non-hydrogen) atoms. The molecule has 2 aliphatic rings. The van der Waals surface area contributed by atoms with Gasteiger partial charge < -0.3 is 4.42 Å². The molecule has 3 nitrogen and oxygen atoms in total. The highest BCUT2D eigenvalue weighted by molar-refractivity contribution is 7.17. The van der Waals surface area contributed by atoms with Crippen LogP contribution >= 0.6 is 11.3 Å². The molecule has 220 valence electrons. The van der Waals surface area contributed by atoms with Crippen LogP contribution in [-0.4, -0.2) is 0 Å². The Hall–Kier alpha value is -4.54. The molecule has 0 fully saturated rings. The van der Waals surface area contributed by atoms with E-state index in [9.17, 15) is 0 Å². The molecular formula is C41H36N2OS+2. The molecule has 2 unspecified atom stereocenters. The normalized spacial score (nSPS) is 17.6. The number of hydrogen-bond donors (Lipinski definition) is 0. The van der Waals surface area contributed by atoms with Gasteiger partial charge in [0.15, 0.2) is 24.1 Å². The van der Waals surface area contributed by atoms with Crippen LogP contribution in [0.4, 0.5) is 0 Å². The highest BCUT2D eigenvalue weighted by Gasteiger charge is 2.42. The topological polar surface area (TPSA) is 20.9 Å². The molecule has 4 heteroatoms. The van der Waals surface area contributed by atoms with Gasteiger partial charge in [-0.3, -0.25) is 0 Å². The molecule has 0 spiro atoms. The van der Waals surface area contributed by atoms with E-state index in [2.05, 4.69) is 127 Å². The van der Waals surface area contributed by atoms with Gasteiger partial charge >= 0.3 is 0 Å². The van der Waals surface area contributed by atoms with Crippen LogP contribution in [0.5, 0.6) is 0 Å². The average Bonchev–Trinajstić information content (AvgIpc) is 3.69. The first-order chi connectivity index (χ1) is 22.0. The van der Waals surface area contributed by atoms with Gasteiger partial charge in [0.2, 0.25) is 11.4 Å². The number of fused-ring (bicyclic) bond motifs is 15. The molecule has 0 bridgehead atoms. The maximum atomic E-state index is 6.98. The minimum atomic E-state index is 0.275. The zero-order valence-electron chi connectivity index (χ0n) is 26.0. The summed E-state index contributed by atoms with van der Waals surface area (Å²) in [5.74, 6) is 0.769. The minimum absolute atomic E-state index is 0.275. The van der Waals surface area contributed by atoms with E-state index in [0.29, 0.717) is 11.8 Å². The second-order valence-corrected chi connectivity index (χ2v) is 14.2. The SMILES string of the molecule is C=C1CC2C(CCc3ccc4c(oc5c6ccsc6ccc45)c3-c3cc(C(C)C)c(C)c[n+]31)c1ccccc1-c1cccc[n+]12. The van der Waals surface area contributed by atoms with Crippen LogP contribution in [-0.2, 0) is 6.42 Å². The maximum absolute atomic E-state index is 6.98. The molecule has 0 N–H and O–H groups in total. The predicted octanol–water partition coefficient (Wildman–Crippen LogP) is 10.3. The lowest BCUT2D eigenvalue weighted by Crippen LogP contribution is -2.49. The van der Waals surface area contributed by atoms with Crippen molar-refractivity contribution in [2.45, 2.75) is 57.9 Å². The van der Waals surface area contributed by atoms with E-state index < -0.39 is 0 Å². The zero-order chi connectivity index (χ0) is 30.4. The first-order valence-electron chi connectivity index (χ1n) is 16.2. The standard InChI is InChI=1S/C41H36N2OS/c1-24(2)34-22-37-39-27(13-15-32-31-16-17-38-33(18-20-45-38)40(31)44-41(32)39)12-14-30-28-9-5-6-10-29(28)35-11-7-8-19-42(35)36(30)21-26(4)43(37)23-25(34)3/h5-11,13,15-20,22-24,30,36H,4,12,14,21H2,1-3H3/q+2. The number of benzene rings is 3. The first kappa shape index (κ1) is 26.8. The second kappa shape index (κ2) is 9.98. The highest BCUT2D eigenvalue weighted by atomic mass is 32.1. The van der Waals surface area contributed by atoms with Crippen molar-refractivity contribution in [3.8, 4) is 22.5 Å². The van der Waals surface area contributed by atoms with E-state index in [1.807, 2.05) is 0 Å². The smallest absolute Gasteiger partial charge is 0.222 e. The summed E-state index contributed by atoms with van der Waals surface area (Å²) >= 11 is 1.77. The Balaban J connectivity index is 1.34. The quantitative estimate of drug-likeness (QED) is 0.171. The van der Waals surface area contributed by atoms with Crippen molar-refractivity contribution in [1.82, 2.24) is 0 Å². The number of allylic oxidation sites excluding steroid dienone is 1. The summed E-state index contributed by atoms with van der Waals surface area (Å²) in [6.07, 6.45) is 7.48. The summed E-state index contributed by atoms with van der Waals surface area (Å²) in [6, 6.07) is 29.7. The lowest BCUT2D eigenvalue weighted by molar-refractivity contribution is -0.720. The van der Waals surface area contributed by atoms with E-state index in [0.717, 1.165) is 36.1 Å². The fourth-order valence-corrected chi connectivity index (χ4v) is 9.07. The van der Waals surface area contributed by atoms with Crippen molar-refractivity contribution in [3.05, 3.63) is 125 Å². The van der Waals surface area contributed by atoms with Gasteiger partial charge in [0.05, 0.1) is 12.0 Å². The van der Waals surface area contributed by atoms with Gasteiger partial charge in [0.1, 0.15) is 11.2 Å². The Morgan fingerprint density at radius 2 is 1.71 bits per heavy atom. The van der Waals surface area contributed by atoms with E-state index in [1.54, 1.807) is 11.3 Å². The third-order valence-corrected chi connectivity index (χ3v) is 11.3. The summed E-state index contributed by atoms with van der Waals surface area (Å²) in [6.45, 7) is 11.6. The minimum Gasteiger partial charge on any atom is -0.454 e. The van der Waals surface area contributed by atoms with Crippen molar-refractivity contribution >= 4 is 49.1 Å². The number of rotatable bonds is 1. The molecular weight excluding hydrogens is 569 g/mol. The molecule has 0 amide bonds. The third kappa shape index (κ3) is 3.95. The predicted molar refractivity (Wildman–Crippen MR) is 186 cm³/mol. The van der Waals surface area contributed by atoms with E-state index in [-0.39, 0.29) is 6.04 Å². The second-order valence-electron chi connectivity index (χ2n) is 13.2. The molecule has 2 aliphatic heterocycles. The number of hydrogen-bond acceptors (Lipinski definition) is 2. The molecule has 2 atom stereocenters. The van der Waals surface area contributed by atoms with Crippen molar-refractivity contribution in [2.75, 3.05) is 0 Å². The van der Waals surface area contributed by atoms with E-state index in [4.69, 9.17) is 11.0 Å². The number of nitrogens with zero attached hydrogens (tertiary/aromatic N) is 2. The molecule has 3 aromatic carbocycles. The maximum Gasteiger partial charge on any atom is 0.222 e. The Bertz CT molecular complexity index is 2340. The number of pyridine rings is 2. The molecule has 0 saturated heterocycles. The lowest BCUT2D eigenvalue weighted by atomic mass is 9.77. The molecule has 0 saturated carbocycles. The molecule has 6 heterocycles. The Kier molecular flexibility index (Phi) is 5.95. The van der Waals surface area contributed by atoms with Crippen LogP contribution in [0.3, 0.4) is 0 Å². The molecule has 9 rings (SSSR count). The summed E-state index contributed by atoms with van der Waals surface area (Å²) in [7, 11) is 0. The van der Waals surface area contributed by atoms with Gasteiger partial charge in [-0.25, -0.2) is 0 Å². The molecule has 0 aliphatic carbocycles. The molecule has 4 aromatic heterocycles. The number of aromatic nitrogens is 2. The van der Waals surface area contributed by atoms with Gasteiger partial charge in [0, 0.05) is 56.1 Å². The Morgan fingerprint density at radius 1 is 0.889 bits per heavy atom. The van der Waals surface area contributed by atoms with Crippen LogP contribution in [0.25, 0.3) is 60.2 Å². The van der Waals surface area contributed by atoms with Crippen LogP contribution in [0.2, 0.25) is 0 Å². The van der Waals surface area contributed by atoms with Gasteiger partial charge in [-0.1, -0.05) is 44.2 Å². The van der Waals surface area contributed by atoms with E-state index in [1.165, 1.54) is 65.6 Å². The fourth-order valence-electron chi connectivity index (χ4n) is 8.28. The van der Waals surface area contributed by atoms with Gasteiger partial charge in [-0.2, -0.15) is 9.13 Å². The van der Waals surface area contributed by atoms with Crippen LogP contribution < -0.4 is 9.13 Å². The fraction of sp³-hybridized carbons (Fsp3) is 0.220. The van der Waals surface area contributed by atoms with Crippen molar-refractivity contribution in [2.24, 2.45) is 0 Å². The summed E-state index contributed by atoms with van der Waals surface area (Å²) in [5, 5.41) is 5.73. The number of furan rings is 1. The van der Waals surface area contributed by atoms with Crippen molar-refractivity contribution in [1.29, 1.82) is 0 Å². The van der Waals surface area contributed by atoms with Crippen molar-refractivity contribution < 1.29 is 13.6 Å². The zero-order valence-corrected chi connectivity index (χ0v) is 26.8. The monoisotopic (exact) mass is 604 g/mol. The third-order valence-electron chi connectivity index (χ3n) is 10.4. The van der Waals surface area contributed by atoms with Crippen LogP contribution in [0, 0.1) is 6.92 Å². The molecule has 7 aromatic rings. The van der Waals surface area contributed by atoms with E-state index >= 15 is 0 Å². The Labute approximate surface area is 267 Å². The van der Waals surface area contributed by atoms with Crippen molar-refractivity contribution in [3.63, 3.8) is 0 Å². The highest BCUT2D eigenvalue weighted by Crippen LogP contribution is 2.46. The van der Waals surface area contributed by atoms with Crippen LogP contribution in [0.1, 0.15) is 66.8 Å². The molecule has 0 radical (unpaired) electrons. The number of thiophene rings is 1. The van der Waals surface area contributed by atoms with Gasteiger partial charge in [0.25, 0.3) is 0 Å². The summed E-state index contributed by atoms with van der Waals surface area (Å²) < 4.78 is 13.2. The Morgan fingerprint density at radius 3 is 2.60 bits per heavy atom. The average molecular weight is 605 g/mol. The summed E-state index contributed by atoms with van der Waals surface area (Å²) in [5.41, 5.74) is 13.6. The van der Waals surface area contributed by atoms with Gasteiger partial charge in [-0.15, -0.1) is 11.3 Å². The summed E-state index contributed by atoms with van der Waals surface area (Å²) in [4.78, 5) is 0. The van der Waals surface area contributed by atoms with Gasteiger partial charge in [-0.05, 0) is 84.7 Å². The van der Waals surface area contributed by atoms with Crippen LogP contribution in [0.15, 0.2) is 108 Å². The largest absolute Gasteiger partial charge is 0.454 e. The first-order valence-corrected chi connectivity index (χ1v) is 17.0. The number of aryl methyl sites for hydroxylation is 2. The lowest BCUT2D eigenvalue weighted by Gasteiger charge is -2.31.